The Bertz CT molecular complexity index is 632. The number of aromatic nitrogens is 1. The molecule has 0 aliphatic carbocycles. The number of nitrogens with one attached hydrogen (secondary N) is 1. The van der Waals surface area contributed by atoms with E-state index in [2.05, 4.69) is 15.0 Å². The molecule has 0 atom stereocenters. The van der Waals surface area contributed by atoms with Gasteiger partial charge >= 0.3 is 5.76 Å². The fourth-order valence-electron chi connectivity index (χ4n) is 1.34. The van der Waals surface area contributed by atoms with Crippen molar-refractivity contribution >= 4 is 17.2 Å². The van der Waals surface area contributed by atoms with E-state index in [0.29, 0.717) is 17.6 Å². The number of fused-ring (bicyclic) bond motifs is 1. The third kappa shape index (κ3) is 2.13. The summed E-state index contributed by atoms with van der Waals surface area (Å²) in [5.74, 6) is -0.467. The molecule has 0 fully saturated rings. The molecule has 6 heteroatoms. The highest BCUT2D eigenvalue weighted by molar-refractivity contribution is 5.75. The summed E-state index contributed by atoms with van der Waals surface area (Å²) in [6, 6.07) is 5.33. The fourth-order valence-corrected chi connectivity index (χ4v) is 1.34. The van der Waals surface area contributed by atoms with Gasteiger partial charge in [-0.05, 0) is 23.2 Å². The first-order valence-corrected chi connectivity index (χ1v) is 4.60. The molecular weight excluding hydrogens is 208 g/mol. The van der Waals surface area contributed by atoms with Crippen molar-refractivity contribution in [3.05, 3.63) is 50.8 Å². The van der Waals surface area contributed by atoms with Crippen LogP contribution in [-0.2, 0) is 0 Å². The van der Waals surface area contributed by atoms with Crippen molar-refractivity contribution in [3.63, 3.8) is 0 Å². The highest BCUT2D eigenvalue weighted by atomic mass is 16.4. The molecule has 0 aliphatic rings. The standard InChI is InChI=1S/C10H8N4O2/c11-14-12-5-1-2-7-3-4-8-9(6-7)16-10(15)13-8/h1-4,6H,5H2,(H,13,15). The fraction of sp³-hybridized carbons (Fsp3) is 0.100. The van der Waals surface area contributed by atoms with E-state index in [9.17, 15) is 4.79 Å². The van der Waals surface area contributed by atoms with Crippen LogP contribution in [0.2, 0.25) is 0 Å². The van der Waals surface area contributed by atoms with Gasteiger partial charge in [0.15, 0.2) is 5.58 Å². The lowest BCUT2D eigenvalue weighted by Crippen LogP contribution is -1.92. The topological polar surface area (TPSA) is 94.8 Å². The summed E-state index contributed by atoms with van der Waals surface area (Å²) in [6.07, 6.45) is 3.52. The average molecular weight is 216 g/mol. The second-order valence-corrected chi connectivity index (χ2v) is 3.09. The molecule has 0 bridgehead atoms. The van der Waals surface area contributed by atoms with Gasteiger partial charge in [0.1, 0.15) is 0 Å². The lowest BCUT2D eigenvalue weighted by atomic mass is 10.2. The van der Waals surface area contributed by atoms with Gasteiger partial charge in [0.05, 0.1) is 5.52 Å². The molecule has 2 rings (SSSR count). The maximum atomic E-state index is 10.9. The first-order chi connectivity index (χ1) is 7.79. The predicted octanol–water partition coefficient (Wildman–Crippen LogP) is 2.44. The molecule has 0 unspecified atom stereocenters. The maximum Gasteiger partial charge on any atom is 0.417 e. The third-order valence-corrected chi connectivity index (χ3v) is 2.01. The molecule has 0 saturated carbocycles. The van der Waals surface area contributed by atoms with Crippen molar-refractivity contribution in [2.24, 2.45) is 5.11 Å². The molecule has 2 aromatic rings. The SMILES string of the molecule is [N-]=[N+]=NCC=Cc1ccc2[nH]c(=O)oc2c1. The lowest BCUT2D eigenvalue weighted by molar-refractivity contribution is 0.555. The third-order valence-electron chi connectivity index (χ3n) is 2.01. The number of benzene rings is 1. The van der Waals surface area contributed by atoms with Crippen molar-refractivity contribution in [1.82, 2.24) is 4.98 Å². The van der Waals surface area contributed by atoms with Crippen LogP contribution in [0.1, 0.15) is 5.56 Å². The summed E-state index contributed by atoms with van der Waals surface area (Å²) in [7, 11) is 0. The molecule has 6 nitrogen and oxygen atoms in total. The summed E-state index contributed by atoms with van der Waals surface area (Å²) in [5.41, 5.74) is 10.1. The number of nitrogens with zero attached hydrogens (tertiary/aromatic N) is 3. The summed E-state index contributed by atoms with van der Waals surface area (Å²) < 4.78 is 4.91. The molecule has 80 valence electrons. The Labute approximate surface area is 89.8 Å². The summed E-state index contributed by atoms with van der Waals surface area (Å²) in [6.45, 7) is 0.297. The van der Waals surface area contributed by atoms with Crippen LogP contribution in [0.4, 0.5) is 0 Å². The molecule has 0 saturated heterocycles. The van der Waals surface area contributed by atoms with Crippen molar-refractivity contribution in [3.8, 4) is 0 Å². The molecule has 0 radical (unpaired) electrons. The monoisotopic (exact) mass is 216 g/mol. The van der Waals surface area contributed by atoms with Gasteiger partial charge in [-0.1, -0.05) is 23.3 Å². The minimum atomic E-state index is -0.467. The van der Waals surface area contributed by atoms with Crippen LogP contribution < -0.4 is 5.76 Å². The number of aromatic amines is 1. The number of H-pyrrole nitrogens is 1. The zero-order chi connectivity index (χ0) is 11.4. The van der Waals surface area contributed by atoms with Crippen molar-refractivity contribution < 1.29 is 4.42 Å². The molecule has 0 spiro atoms. The van der Waals surface area contributed by atoms with Crippen LogP contribution in [0.5, 0.6) is 0 Å². The second-order valence-electron chi connectivity index (χ2n) is 3.09. The van der Waals surface area contributed by atoms with Crippen LogP contribution >= 0.6 is 0 Å². The quantitative estimate of drug-likeness (QED) is 0.484. The van der Waals surface area contributed by atoms with Crippen LogP contribution in [0.25, 0.3) is 27.6 Å². The lowest BCUT2D eigenvalue weighted by Gasteiger charge is -1.91. The minimum Gasteiger partial charge on any atom is -0.408 e. The Kier molecular flexibility index (Phi) is 2.75. The number of hydrogen-bond acceptors (Lipinski definition) is 3. The molecule has 16 heavy (non-hydrogen) atoms. The van der Waals surface area contributed by atoms with Gasteiger partial charge in [0.2, 0.25) is 0 Å². The summed E-state index contributed by atoms with van der Waals surface area (Å²) in [5, 5.41) is 3.37. The Balaban J connectivity index is 2.28. The number of rotatable bonds is 3. The van der Waals surface area contributed by atoms with Crippen molar-refractivity contribution in [2.75, 3.05) is 6.54 Å². The Morgan fingerprint density at radius 3 is 3.25 bits per heavy atom. The second kappa shape index (κ2) is 4.37. The first kappa shape index (κ1) is 10.1. The minimum absolute atomic E-state index is 0.297. The molecule has 0 aliphatic heterocycles. The largest absolute Gasteiger partial charge is 0.417 e. The summed E-state index contributed by atoms with van der Waals surface area (Å²) in [4.78, 5) is 16.1. The molecule has 1 heterocycles. The van der Waals surface area contributed by atoms with Crippen LogP contribution in [0, 0.1) is 0 Å². The van der Waals surface area contributed by atoms with Gasteiger partial charge in [-0.3, -0.25) is 4.98 Å². The van der Waals surface area contributed by atoms with Gasteiger partial charge in [-0.2, -0.15) is 0 Å². The molecule has 1 N–H and O–H groups in total. The maximum absolute atomic E-state index is 10.9. The Morgan fingerprint density at radius 1 is 1.56 bits per heavy atom. The molecule has 1 aromatic carbocycles. The summed E-state index contributed by atoms with van der Waals surface area (Å²) >= 11 is 0. The smallest absolute Gasteiger partial charge is 0.408 e. The van der Waals surface area contributed by atoms with E-state index in [1.54, 1.807) is 24.3 Å². The number of azide groups is 1. The zero-order valence-corrected chi connectivity index (χ0v) is 8.25. The van der Waals surface area contributed by atoms with Crippen LogP contribution in [-0.4, -0.2) is 11.5 Å². The normalized spacial score (nSPS) is 10.8. The van der Waals surface area contributed by atoms with Gasteiger partial charge in [0.25, 0.3) is 0 Å². The van der Waals surface area contributed by atoms with E-state index in [1.807, 2.05) is 6.07 Å². The van der Waals surface area contributed by atoms with Crippen molar-refractivity contribution in [2.45, 2.75) is 0 Å². The average Bonchev–Trinajstić information content (AvgIpc) is 2.64. The van der Waals surface area contributed by atoms with E-state index >= 15 is 0 Å². The molecule has 1 aromatic heterocycles. The van der Waals surface area contributed by atoms with Gasteiger partial charge < -0.3 is 4.42 Å². The van der Waals surface area contributed by atoms with Gasteiger partial charge in [-0.15, -0.1) is 0 Å². The highest BCUT2D eigenvalue weighted by Gasteiger charge is 1.99. The number of oxazole rings is 1. The van der Waals surface area contributed by atoms with Crippen LogP contribution in [0.3, 0.4) is 0 Å². The molecular formula is C10H8N4O2. The predicted molar refractivity (Wildman–Crippen MR) is 59.9 cm³/mol. The highest BCUT2D eigenvalue weighted by Crippen LogP contribution is 2.13. The van der Waals surface area contributed by atoms with E-state index < -0.39 is 5.76 Å². The van der Waals surface area contributed by atoms with E-state index in [1.165, 1.54) is 0 Å². The van der Waals surface area contributed by atoms with E-state index in [4.69, 9.17) is 9.95 Å². The number of hydrogen-bond donors (Lipinski definition) is 1. The van der Waals surface area contributed by atoms with Gasteiger partial charge in [0, 0.05) is 11.5 Å². The Morgan fingerprint density at radius 2 is 2.44 bits per heavy atom. The van der Waals surface area contributed by atoms with Gasteiger partial charge in [-0.25, -0.2) is 4.79 Å². The van der Waals surface area contributed by atoms with Crippen LogP contribution in [0.15, 0.2) is 38.6 Å². The van der Waals surface area contributed by atoms with E-state index in [-0.39, 0.29) is 0 Å². The zero-order valence-electron chi connectivity index (χ0n) is 8.25. The first-order valence-electron chi connectivity index (χ1n) is 4.60. The Hall–Kier alpha value is -2.46. The molecule has 0 amide bonds. The van der Waals surface area contributed by atoms with Crippen molar-refractivity contribution in [1.29, 1.82) is 0 Å². The van der Waals surface area contributed by atoms with E-state index in [0.717, 1.165) is 5.56 Å².